The molecule has 1 aliphatic rings. The average Bonchev–Trinajstić information content (AvgIpc) is 3.58. The number of hydrogen-bond donors (Lipinski definition) is 0. The maximum Gasteiger partial charge on any atom is 0.232 e. The summed E-state index contributed by atoms with van der Waals surface area (Å²) in [7, 11) is 0. The maximum atomic E-state index is 6.35. The molecule has 1 aliphatic heterocycles. The summed E-state index contributed by atoms with van der Waals surface area (Å²) in [6.07, 6.45) is 3.49. The van der Waals surface area contributed by atoms with E-state index in [1.807, 2.05) is 71.3 Å². The van der Waals surface area contributed by atoms with Crippen LogP contribution in [0.15, 0.2) is 128 Å². The van der Waals surface area contributed by atoms with Crippen molar-refractivity contribution >= 4 is 44.6 Å². The Kier molecular flexibility index (Phi) is 6.69. The van der Waals surface area contributed by atoms with Crippen LogP contribution in [-0.2, 0) is 21.1 Å². The number of nitrogens with zero attached hydrogens (tertiary/aromatic N) is 5. The molecule has 0 N–H and O–H groups in total. The molecule has 8 rings (SSSR count). The smallest absolute Gasteiger partial charge is 0.232 e. The zero-order valence-electron chi connectivity index (χ0n) is 22.2. The van der Waals surface area contributed by atoms with Crippen LogP contribution < -0.4 is 14.5 Å². The zero-order chi connectivity index (χ0) is 27.2. The zero-order valence-corrected chi connectivity index (χ0v) is 24.4. The summed E-state index contributed by atoms with van der Waals surface area (Å²) in [4.78, 5) is 13.3. The third-order valence-electron chi connectivity index (χ3n) is 7.21. The summed E-state index contributed by atoms with van der Waals surface area (Å²) in [5, 5.41) is 2.17. The van der Waals surface area contributed by atoms with Gasteiger partial charge in [0.05, 0.1) is 0 Å². The average molecular weight is 724 g/mol. The van der Waals surface area contributed by atoms with Crippen molar-refractivity contribution in [3.05, 3.63) is 146 Å². The van der Waals surface area contributed by atoms with Gasteiger partial charge in [0, 0.05) is 67.5 Å². The Morgan fingerprint density at radius 1 is 0.595 bits per heavy atom. The number of rotatable bonds is 5. The predicted molar refractivity (Wildman–Crippen MR) is 162 cm³/mol. The summed E-state index contributed by atoms with van der Waals surface area (Å²) in [5.74, 6) is 1.77. The molecule has 0 bridgehead atoms. The summed E-state index contributed by atoms with van der Waals surface area (Å²) in [6.45, 7) is 2.09. The fraction of sp³-hybridized carbons (Fsp3) is 0. The Balaban J connectivity index is 0.00000288. The molecule has 3 heterocycles. The third kappa shape index (κ3) is 4.41. The molecule has 206 valence electrons. The monoisotopic (exact) mass is 723 g/mol. The molecule has 0 fully saturated rings. The van der Waals surface area contributed by atoms with E-state index in [1.54, 1.807) is 12.4 Å². The second-order valence-corrected chi connectivity index (χ2v) is 9.67. The van der Waals surface area contributed by atoms with Crippen LogP contribution in [0.5, 0.6) is 11.5 Å². The van der Waals surface area contributed by atoms with Crippen molar-refractivity contribution in [2.75, 3.05) is 9.80 Å². The van der Waals surface area contributed by atoms with Gasteiger partial charge < -0.3 is 19.1 Å². The minimum Gasteiger partial charge on any atom is -0.509 e. The van der Waals surface area contributed by atoms with Crippen molar-refractivity contribution in [1.29, 1.82) is 0 Å². The molecule has 7 aromatic rings. The molecule has 7 heteroatoms. The molecule has 0 atom stereocenters. The molecule has 2 aromatic heterocycles. The van der Waals surface area contributed by atoms with Crippen molar-refractivity contribution in [1.82, 2.24) is 14.5 Å². The van der Waals surface area contributed by atoms with Gasteiger partial charge in [-0.2, -0.15) is 12.1 Å². The number of anilines is 4. The Hall–Kier alpha value is -4.93. The number of aromatic nitrogens is 3. The first kappa shape index (κ1) is 26.0. The van der Waals surface area contributed by atoms with Gasteiger partial charge in [0.25, 0.3) is 0 Å². The molecular formula is C35H22N5OPt-3. The van der Waals surface area contributed by atoms with Gasteiger partial charge in [-0.25, -0.2) is 9.97 Å². The fourth-order valence-corrected chi connectivity index (χ4v) is 5.40. The quantitative estimate of drug-likeness (QED) is 0.167. The fourth-order valence-electron chi connectivity index (χ4n) is 5.40. The van der Waals surface area contributed by atoms with Crippen LogP contribution in [0, 0.1) is 18.8 Å². The van der Waals surface area contributed by atoms with Crippen LogP contribution in [0.3, 0.4) is 0 Å². The number of benzene rings is 5. The molecule has 42 heavy (non-hydrogen) atoms. The first-order valence-electron chi connectivity index (χ1n) is 13.3. The molecule has 6 nitrogen and oxygen atoms in total. The van der Waals surface area contributed by atoms with Crippen LogP contribution in [-0.4, -0.2) is 14.5 Å². The van der Waals surface area contributed by atoms with E-state index in [-0.39, 0.29) is 21.1 Å². The number of fused-ring (bicyclic) bond motifs is 4. The van der Waals surface area contributed by atoms with Crippen LogP contribution in [0.4, 0.5) is 22.7 Å². The Bertz CT molecular complexity index is 2030. The van der Waals surface area contributed by atoms with Crippen LogP contribution in [0.1, 0.15) is 0 Å². The van der Waals surface area contributed by atoms with Crippen molar-refractivity contribution in [3.63, 3.8) is 0 Å². The molecule has 0 radical (unpaired) electrons. The standard InChI is InChI=1S/C35H22N5O.Pt/c1-2-10-25(11-3-1)38-24-39(33-17-7-6-16-32(33)38)26-12-8-13-27(22-26)41-28-18-19-30-29-14-4-5-15-31(29)40(34(30)23-28)35-36-20-9-21-37-35;/h1-21,24H;/q-3;. The van der Waals surface area contributed by atoms with Crippen molar-refractivity contribution in [3.8, 4) is 17.4 Å². The summed E-state index contributed by atoms with van der Waals surface area (Å²) < 4.78 is 8.37. The largest absolute Gasteiger partial charge is 0.509 e. The maximum absolute atomic E-state index is 6.35. The minimum atomic E-state index is 0. The SMILES string of the molecule is [Pt].[c-]1c(Oc2[c-]c3c(cc2)c2ccccc2n3-c2ncccn2)cccc1N1[CH-]N(c2ccccc2)c2ccccc21. The van der Waals surface area contributed by atoms with Crippen LogP contribution in [0.25, 0.3) is 27.8 Å². The first-order valence-corrected chi connectivity index (χ1v) is 13.3. The van der Waals surface area contributed by atoms with Gasteiger partial charge in [-0.1, -0.05) is 54.0 Å². The molecule has 0 spiro atoms. The molecule has 0 amide bonds. The number of para-hydroxylation sites is 4. The van der Waals surface area contributed by atoms with Crippen LogP contribution in [0.2, 0.25) is 0 Å². The van der Waals surface area contributed by atoms with E-state index in [1.165, 1.54) is 0 Å². The van der Waals surface area contributed by atoms with Crippen molar-refractivity contribution < 1.29 is 25.8 Å². The van der Waals surface area contributed by atoms with E-state index >= 15 is 0 Å². The van der Waals surface area contributed by atoms with E-state index in [0.29, 0.717) is 17.4 Å². The van der Waals surface area contributed by atoms with Gasteiger partial charge >= 0.3 is 0 Å². The third-order valence-corrected chi connectivity index (χ3v) is 7.21. The molecule has 0 saturated carbocycles. The van der Waals surface area contributed by atoms with Gasteiger partial charge in [-0.3, -0.25) is 0 Å². The van der Waals surface area contributed by atoms with Gasteiger partial charge in [-0.15, -0.1) is 48.1 Å². The molecule has 0 aliphatic carbocycles. The van der Waals surface area contributed by atoms with E-state index in [9.17, 15) is 0 Å². The summed E-state index contributed by atoms with van der Waals surface area (Å²) in [5.41, 5.74) is 6.02. The summed E-state index contributed by atoms with van der Waals surface area (Å²) in [6, 6.07) is 45.6. The first-order chi connectivity index (χ1) is 20.3. The molecule has 5 aromatic carbocycles. The van der Waals surface area contributed by atoms with E-state index in [2.05, 4.69) is 87.1 Å². The number of ether oxygens (including phenoxy) is 1. The van der Waals surface area contributed by atoms with Crippen LogP contribution >= 0.6 is 0 Å². The predicted octanol–water partition coefficient (Wildman–Crippen LogP) is 8.37. The van der Waals surface area contributed by atoms with E-state index < -0.39 is 0 Å². The summed E-state index contributed by atoms with van der Waals surface area (Å²) >= 11 is 0. The second-order valence-electron chi connectivity index (χ2n) is 9.67. The number of hydrogen-bond acceptors (Lipinski definition) is 5. The van der Waals surface area contributed by atoms with Gasteiger partial charge in [-0.05, 0) is 41.8 Å². The molecule has 0 unspecified atom stereocenters. The molecular weight excluding hydrogens is 701 g/mol. The van der Waals surface area contributed by atoms with Gasteiger partial charge in [0.1, 0.15) is 0 Å². The minimum absolute atomic E-state index is 0. The Morgan fingerprint density at radius 2 is 1.31 bits per heavy atom. The van der Waals surface area contributed by atoms with Gasteiger partial charge in [0.2, 0.25) is 5.95 Å². The van der Waals surface area contributed by atoms with Crippen molar-refractivity contribution in [2.24, 2.45) is 0 Å². The normalized spacial score (nSPS) is 12.4. The molecule has 0 saturated heterocycles. The van der Waals surface area contributed by atoms with E-state index in [0.717, 1.165) is 44.6 Å². The Morgan fingerprint density at radius 3 is 2.14 bits per heavy atom. The van der Waals surface area contributed by atoms with Crippen molar-refractivity contribution in [2.45, 2.75) is 0 Å². The Labute approximate surface area is 257 Å². The second kappa shape index (κ2) is 10.8. The van der Waals surface area contributed by atoms with E-state index in [4.69, 9.17) is 4.74 Å². The van der Waals surface area contributed by atoms with Gasteiger partial charge in [0.15, 0.2) is 0 Å². The topological polar surface area (TPSA) is 46.4 Å².